The van der Waals surface area contributed by atoms with Crippen LogP contribution in [0.1, 0.15) is 63.5 Å². The predicted molar refractivity (Wildman–Crippen MR) is 124 cm³/mol. The number of nitrogens with one attached hydrogen (secondary N) is 2. The lowest BCUT2D eigenvalue weighted by atomic mass is 9.47. The van der Waals surface area contributed by atoms with Gasteiger partial charge in [0.2, 0.25) is 5.91 Å². The number of amides is 2. The summed E-state index contributed by atoms with van der Waals surface area (Å²) in [5.41, 5.74) is -4.09. The summed E-state index contributed by atoms with van der Waals surface area (Å²) in [5.74, 6) is -0.585. The topological polar surface area (TPSA) is 70.7 Å². The molecule has 2 N–H and O–H groups in total. The Hall–Kier alpha value is -2.30. The fourth-order valence-corrected chi connectivity index (χ4v) is 8.79. The first kappa shape index (κ1) is 26.0. The highest BCUT2D eigenvalue weighted by molar-refractivity contribution is 5.94. The van der Waals surface area contributed by atoms with Gasteiger partial charge in [0.1, 0.15) is 6.10 Å². The van der Waals surface area contributed by atoms with E-state index in [1.807, 2.05) is 6.92 Å². The standard InChI is InChI=1S/C27H30F6N2O3/c1-24-10-9-15-13(4-8-19-25(15,2)21-20(38-21)23(37)35-19)14(24)6-7-17(24)22(36)34-18-11-12(26(28,29)30)3-5-16(18)27(31,32)33/h3,5,11,13-15,17,19-21H,4,6-10H2,1-2H3,(H,34,36)(H,35,37)/t13-,14-,15-,17+,19+,20?,21?,24-,25+/m0/s1. The van der Waals surface area contributed by atoms with E-state index in [2.05, 4.69) is 17.6 Å². The van der Waals surface area contributed by atoms with Crippen LogP contribution in [0.15, 0.2) is 18.2 Å². The minimum Gasteiger partial charge on any atom is -0.358 e. The Morgan fingerprint density at radius 3 is 2.42 bits per heavy atom. The lowest BCUT2D eigenvalue weighted by Crippen LogP contribution is -2.64. The molecule has 3 saturated carbocycles. The third-order valence-corrected chi connectivity index (χ3v) is 10.7. The molecule has 38 heavy (non-hydrogen) atoms. The summed E-state index contributed by atoms with van der Waals surface area (Å²) in [6, 6.07) is 1.16. The lowest BCUT2D eigenvalue weighted by Gasteiger charge is -2.59. The van der Waals surface area contributed by atoms with E-state index in [-0.39, 0.29) is 41.2 Å². The van der Waals surface area contributed by atoms with Crippen molar-refractivity contribution in [1.82, 2.24) is 5.32 Å². The van der Waals surface area contributed by atoms with Gasteiger partial charge in [0.05, 0.1) is 16.8 Å². The van der Waals surface area contributed by atoms with Crippen molar-refractivity contribution in [1.29, 1.82) is 0 Å². The first-order valence-electron chi connectivity index (χ1n) is 13.2. The summed E-state index contributed by atoms with van der Waals surface area (Å²) in [5, 5.41) is 5.39. The van der Waals surface area contributed by atoms with E-state index >= 15 is 0 Å². The molecule has 5 nitrogen and oxygen atoms in total. The van der Waals surface area contributed by atoms with Crippen LogP contribution < -0.4 is 10.6 Å². The number of epoxide rings is 1. The number of piperidine rings is 1. The van der Waals surface area contributed by atoms with Crippen LogP contribution in [0.4, 0.5) is 32.0 Å². The Morgan fingerprint density at radius 1 is 1.00 bits per heavy atom. The van der Waals surface area contributed by atoms with Crippen LogP contribution in [0.5, 0.6) is 0 Å². The van der Waals surface area contributed by atoms with Gasteiger partial charge in [-0.1, -0.05) is 13.8 Å². The van der Waals surface area contributed by atoms with E-state index in [0.717, 1.165) is 25.7 Å². The highest BCUT2D eigenvalue weighted by atomic mass is 19.4. The molecule has 208 valence electrons. The SMILES string of the molecule is C[C@]12CC[C@H]3[C@@H](CC[C@H]4NC(=O)C5OC5[C@@]43C)[C@@H]1CC[C@@H]2C(=O)Nc1cc(C(F)(F)F)ccc1C(F)(F)F. The van der Waals surface area contributed by atoms with Crippen molar-refractivity contribution >= 4 is 17.5 Å². The van der Waals surface area contributed by atoms with Crippen LogP contribution in [0.25, 0.3) is 0 Å². The van der Waals surface area contributed by atoms with Crippen LogP contribution in [-0.2, 0) is 26.7 Å². The molecule has 5 fully saturated rings. The molecule has 2 heterocycles. The van der Waals surface area contributed by atoms with Gasteiger partial charge in [-0.15, -0.1) is 0 Å². The van der Waals surface area contributed by atoms with Crippen molar-refractivity contribution in [2.24, 2.45) is 34.5 Å². The molecular weight excluding hydrogens is 514 g/mol. The number of rotatable bonds is 2. The summed E-state index contributed by atoms with van der Waals surface area (Å²) in [6.07, 6.45) is -5.91. The van der Waals surface area contributed by atoms with E-state index in [0.29, 0.717) is 31.0 Å². The van der Waals surface area contributed by atoms with Crippen LogP contribution in [-0.4, -0.2) is 30.1 Å². The van der Waals surface area contributed by atoms with Gasteiger partial charge in [-0.2, -0.15) is 26.3 Å². The Bertz CT molecular complexity index is 1180. The fourth-order valence-electron chi connectivity index (χ4n) is 8.79. The zero-order valence-electron chi connectivity index (χ0n) is 21.0. The maximum Gasteiger partial charge on any atom is 0.418 e. The van der Waals surface area contributed by atoms with Crippen molar-refractivity contribution in [3.05, 3.63) is 29.3 Å². The average molecular weight is 545 g/mol. The van der Waals surface area contributed by atoms with E-state index in [1.54, 1.807) is 0 Å². The second-order valence-electron chi connectivity index (χ2n) is 12.3. The summed E-state index contributed by atoms with van der Waals surface area (Å²) in [7, 11) is 0. The third kappa shape index (κ3) is 3.70. The number of fused-ring (bicyclic) bond motifs is 7. The average Bonchev–Trinajstić information content (AvgIpc) is 3.56. The summed E-state index contributed by atoms with van der Waals surface area (Å²) < 4.78 is 86.3. The van der Waals surface area contributed by atoms with Gasteiger partial charge in [0, 0.05) is 17.4 Å². The molecule has 5 aliphatic rings. The lowest BCUT2D eigenvalue weighted by molar-refractivity contribution is -0.141. The predicted octanol–water partition coefficient (Wildman–Crippen LogP) is 5.79. The maximum atomic E-state index is 13.6. The summed E-state index contributed by atoms with van der Waals surface area (Å²) in [4.78, 5) is 25.7. The monoisotopic (exact) mass is 544 g/mol. The number of ether oxygens (including phenoxy) is 1. The van der Waals surface area contributed by atoms with Crippen molar-refractivity contribution < 1.29 is 40.7 Å². The van der Waals surface area contributed by atoms with E-state index in [4.69, 9.17) is 4.74 Å². The number of carbonyl (C=O) groups is 2. The van der Waals surface area contributed by atoms with Gasteiger partial charge < -0.3 is 15.4 Å². The van der Waals surface area contributed by atoms with Crippen molar-refractivity contribution in [2.75, 3.05) is 5.32 Å². The highest BCUT2D eigenvalue weighted by Crippen LogP contribution is 2.67. The van der Waals surface area contributed by atoms with Gasteiger partial charge in [0.25, 0.3) is 5.91 Å². The smallest absolute Gasteiger partial charge is 0.358 e. The summed E-state index contributed by atoms with van der Waals surface area (Å²) in [6.45, 7) is 4.20. The normalized spacial score (nSPS) is 41.8. The maximum absolute atomic E-state index is 13.6. The molecule has 1 aromatic rings. The second-order valence-corrected chi connectivity index (χ2v) is 12.3. The number of benzene rings is 1. The second kappa shape index (κ2) is 8.11. The summed E-state index contributed by atoms with van der Waals surface area (Å²) >= 11 is 0. The molecule has 2 aliphatic heterocycles. The molecule has 2 unspecified atom stereocenters. The number of anilines is 1. The zero-order valence-corrected chi connectivity index (χ0v) is 21.0. The van der Waals surface area contributed by atoms with E-state index < -0.39 is 52.5 Å². The Balaban J connectivity index is 1.25. The molecule has 6 rings (SSSR count). The van der Waals surface area contributed by atoms with Crippen LogP contribution in [0, 0.1) is 34.5 Å². The zero-order chi connectivity index (χ0) is 27.4. The van der Waals surface area contributed by atoms with Gasteiger partial charge in [-0.05, 0) is 79.9 Å². The molecule has 0 aromatic heterocycles. The number of hydrogen-bond acceptors (Lipinski definition) is 3. The molecule has 3 aliphatic carbocycles. The molecule has 0 radical (unpaired) electrons. The molecule has 0 bridgehead atoms. The van der Waals surface area contributed by atoms with Crippen molar-refractivity contribution in [2.45, 2.75) is 83.0 Å². The van der Waals surface area contributed by atoms with E-state index in [1.165, 1.54) is 0 Å². The minimum absolute atomic E-state index is 0.0338. The molecule has 1 aromatic carbocycles. The molecule has 9 atom stereocenters. The fraction of sp³-hybridized carbons (Fsp3) is 0.704. The molecule has 11 heteroatoms. The Labute approximate surface area is 216 Å². The largest absolute Gasteiger partial charge is 0.418 e. The van der Waals surface area contributed by atoms with Gasteiger partial charge in [-0.25, -0.2) is 0 Å². The van der Waals surface area contributed by atoms with E-state index in [9.17, 15) is 35.9 Å². The molecule has 2 saturated heterocycles. The minimum atomic E-state index is -4.92. The third-order valence-electron chi connectivity index (χ3n) is 10.7. The first-order chi connectivity index (χ1) is 17.7. The van der Waals surface area contributed by atoms with Crippen molar-refractivity contribution in [3.63, 3.8) is 0 Å². The van der Waals surface area contributed by atoms with Crippen LogP contribution in [0.2, 0.25) is 0 Å². The van der Waals surface area contributed by atoms with Gasteiger partial charge in [-0.3, -0.25) is 9.59 Å². The van der Waals surface area contributed by atoms with Crippen molar-refractivity contribution in [3.8, 4) is 0 Å². The van der Waals surface area contributed by atoms with Crippen LogP contribution in [0.3, 0.4) is 0 Å². The Kier molecular flexibility index (Phi) is 5.54. The number of halogens is 6. The Morgan fingerprint density at radius 2 is 1.74 bits per heavy atom. The molecule has 0 spiro atoms. The van der Waals surface area contributed by atoms with Gasteiger partial charge in [0.15, 0.2) is 6.10 Å². The molecule has 2 amide bonds. The number of hydrogen-bond donors (Lipinski definition) is 2. The van der Waals surface area contributed by atoms with Crippen LogP contribution >= 0.6 is 0 Å². The first-order valence-corrected chi connectivity index (χ1v) is 13.2. The number of carbonyl (C=O) groups excluding carboxylic acids is 2. The number of alkyl halides is 6. The molecular formula is C27H30F6N2O3. The highest BCUT2D eigenvalue weighted by Gasteiger charge is 2.70. The van der Waals surface area contributed by atoms with Gasteiger partial charge >= 0.3 is 12.4 Å². The quantitative estimate of drug-likeness (QED) is 0.366.